The van der Waals surface area contributed by atoms with Gasteiger partial charge in [0, 0.05) is 24.7 Å². The molecule has 1 aromatic heterocycles. The van der Waals surface area contributed by atoms with Gasteiger partial charge in [0.15, 0.2) is 11.0 Å². The van der Waals surface area contributed by atoms with Crippen LogP contribution in [0.25, 0.3) is 11.4 Å². The summed E-state index contributed by atoms with van der Waals surface area (Å²) in [4.78, 5) is 23.2. The van der Waals surface area contributed by atoms with Crippen molar-refractivity contribution in [3.05, 3.63) is 106 Å². The van der Waals surface area contributed by atoms with Gasteiger partial charge in [0.1, 0.15) is 0 Å². The largest absolute Gasteiger partial charge is 0.344 e. The normalized spacial score (nSPS) is 10.8. The smallest absolute Gasteiger partial charge is 0.269 e. The Morgan fingerprint density at radius 1 is 0.970 bits per heavy atom. The molecule has 4 aromatic rings. The van der Waals surface area contributed by atoms with Crippen LogP contribution >= 0.6 is 11.8 Å². The fourth-order valence-corrected chi connectivity index (χ4v) is 4.13. The van der Waals surface area contributed by atoms with Crippen LogP contribution in [0.5, 0.6) is 0 Å². The zero-order valence-electron chi connectivity index (χ0n) is 17.8. The number of nitro benzene ring substituents is 1. The first-order valence-corrected chi connectivity index (χ1v) is 11.2. The number of aromatic nitrogens is 3. The molecule has 1 heterocycles. The van der Waals surface area contributed by atoms with Crippen LogP contribution in [0.1, 0.15) is 17.2 Å². The summed E-state index contributed by atoms with van der Waals surface area (Å²) in [6.45, 7) is 0. The van der Waals surface area contributed by atoms with Gasteiger partial charge in [-0.05, 0) is 23.3 Å². The number of nitrogens with zero attached hydrogens (tertiary/aromatic N) is 4. The van der Waals surface area contributed by atoms with E-state index < -0.39 is 4.92 Å². The number of nitro groups is 1. The average Bonchev–Trinajstić information content (AvgIpc) is 3.22. The Morgan fingerprint density at radius 3 is 2.09 bits per heavy atom. The molecule has 33 heavy (non-hydrogen) atoms. The van der Waals surface area contributed by atoms with Crippen LogP contribution in [0.15, 0.2) is 90.1 Å². The van der Waals surface area contributed by atoms with Crippen molar-refractivity contribution < 1.29 is 9.72 Å². The number of hydrogen-bond donors (Lipinski definition) is 1. The molecule has 1 amide bonds. The first-order valence-electron chi connectivity index (χ1n) is 10.2. The van der Waals surface area contributed by atoms with E-state index >= 15 is 0 Å². The summed E-state index contributed by atoms with van der Waals surface area (Å²) < 4.78 is 1.77. The van der Waals surface area contributed by atoms with Gasteiger partial charge < -0.3 is 9.88 Å². The minimum absolute atomic E-state index is 0.0126. The Morgan fingerprint density at radius 2 is 1.55 bits per heavy atom. The molecule has 0 radical (unpaired) electrons. The second kappa shape index (κ2) is 10.1. The molecule has 166 valence electrons. The fraction of sp³-hybridized carbons (Fsp3) is 0.125. The van der Waals surface area contributed by atoms with Gasteiger partial charge in [-0.1, -0.05) is 72.4 Å². The molecule has 0 aliphatic carbocycles. The van der Waals surface area contributed by atoms with Crippen molar-refractivity contribution in [2.75, 3.05) is 5.75 Å². The molecule has 9 heteroatoms. The van der Waals surface area contributed by atoms with Gasteiger partial charge >= 0.3 is 0 Å². The van der Waals surface area contributed by atoms with Crippen molar-refractivity contribution in [1.29, 1.82) is 0 Å². The van der Waals surface area contributed by atoms with Crippen molar-refractivity contribution in [1.82, 2.24) is 20.1 Å². The first-order chi connectivity index (χ1) is 16.0. The molecular formula is C24H21N5O3S. The van der Waals surface area contributed by atoms with E-state index in [4.69, 9.17) is 0 Å². The zero-order valence-corrected chi connectivity index (χ0v) is 18.6. The molecule has 0 saturated carbocycles. The van der Waals surface area contributed by atoms with Gasteiger partial charge in [0.05, 0.1) is 16.7 Å². The van der Waals surface area contributed by atoms with Gasteiger partial charge in [-0.15, -0.1) is 10.2 Å². The molecule has 0 bridgehead atoms. The molecule has 4 rings (SSSR count). The number of carbonyl (C=O) groups excluding carboxylic acids is 1. The van der Waals surface area contributed by atoms with Crippen molar-refractivity contribution in [2.45, 2.75) is 11.2 Å². The van der Waals surface area contributed by atoms with Crippen LogP contribution in [0.4, 0.5) is 5.69 Å². The highest BCUT2D eigenvalue weighted by atomic mass is 32.2. The summed E-state index contributed by atoms with van der Waals surface area (Å²) in [6, 6.07) is 25.5. The Balaban J connectivity index is 1.44. The number of rotatable bonds is 8. The van der Waals surface area contributed by atoms with Gasteiger partial charge in [0.2, 0.25) is 5.91 Å². The van der Waals surface area contributed by atoms with Crippen LogP contribution in [0, 0.1) is 10.1 Å². The Labute approximate surface area is 194 Å². The molecule has 8 nitrogen and oxygen atoms in total. The summed E-state index contributed by atoms with van der Waals surface area (Å²) >= 11 is 1.28. The summed E-state index contributed by atoms with van der Waals surface area (Å²) in [6.07, 6.45) is 0. The lowest BCUT2D eigenvalue weighted by Crippen LogP contribution is -2.30. The molecule has 0 atom stereocenters. The van der Waals surface area contributed by atoms with Crippen molar-refractivity contribution in [3.63, 3.8) is 0 Å². The van der Waals surface area contributed by atoms with E-state index in [0.29, 0.717) is 16.5 Å². The van der Waals surface area contributed by atoms with E-state index in [2.05, 4.69) is 15.5 Å². The standard InChI is InChI=1S/C24H21N5O3S/c1-28-23(19-12-14-20(15-13-19)29(31)32)26-27-24(28)33-16-21(30)25-22(17-8-4-2-5-9-17)18-10-6-3-7-11-18/h2-15,22H,16H2,1H3,(H,25,30). The number of non-ortho nitro benzene ring substituents is 1. The molecule has 3 aromatic carbocycles. The van der Waals surface area contributed by atoms with E-state index in [-0.39, 0.29) is 23.4 Å². The quantitative estimate of drug-likeness (QED) is 0.238. The summed E-state index contributed by atoms with van der Waals surface area (Å²) in [7, 11) is 1.80. The highest BCUT2D eigenvalue weighted by Gasteiger charge is 2.18. The fourth-order valence-electron chi connectivity index (χ4n) is 3.41. The van der Waals surface area contributed by atoms with Crippen LogP contribution < -0.4 is 5.32 Å². The summed E-state index contributed by atoms with van der Waals surface area (Å²) in [5.41, 5.74) is 2.72. The van der Waals surface area contributed by atoms with Crippen molar-refractivity contribution >= 4 is 23.4 Å². The molecule has 0 spiro atoms. The average molecular weight is 460 g/mol. The number of carbonyl (C=O) groups is 1. The van der Waals surface area contributed by atoms with E-state index in [1.807, 2.05) is 60.7 Å². The Hall–Kier alpha value is -3.98. The van der Waals surface area contributed by atoms with Gasteiger partial charge in [0.25, 0.3) is 5.69 Å². The molecule has 0 unspecified atom stereocenters. The SMILES string of the molecule is Cn1c(SCC(=O)NC(c2ccccc2)c2ccccc2)nnc1-c1ccc([N+](=O)[O-])cc1. The third kappa shape index (κ3) is 5.27. The predicted molar refractivity (Wildman–Crippen MR) is 127 cm³/mol. The monoisotopic (exact) mass is 459 g/mol. The second-order valence-corrected chi connectivity index (χ2v) is 8.22. The van der Waals surface area contributed by atoms with E-state index in [1.54, 1.807) is 23.7 Å². The Kier molecular flexibility index (Phi) is 6.80. The molecule has 0 fully saturated rings. The zero-order chi connectivity index (χ0) is 23.2. The molecule has 1 N–H and O–H groups in total. The molecular weight excluding hydrogens is 438 g/mol. The van der Waals surface area contributed by atoms with Crippen LogP contribution in [-0.2, 0) is 11.8 Å². The second-order valence-electron chi connectivity index (χ2n) is 7.28. The lowest BCUT2D eigenvalue weighted by molar-refractivity contribution is -0.384. The topological polar surface area (TPSA) is 103 Å². The summed E-state index contributed by atoms with van der Waals surface area (Å²) in [5.74, 6) is 0.611. The predicted octanol–water partition coefficient (Wildman–Crippen LogP) is 4.39. The van der Waals surface area contributed by atoms with E-state index in [0.717, 1.165) is 11.1 Å². The van der Waals surface area contributed by atoms with E-state index in [9.17, 15) is 14.9 Å². The van der Waals surface area contributed by atoms with E-state index in [1.165, 1.54) is 23.9 Å². The number of thioether (sulfide) groups is 1. The van der Waals surface area contributed by atoms with Gasteiger partial charge in [-0.25, -0.2) is 0 Å². The molecule has 0 saturated heterocycles. The molecule has 0 aliphatic heterocycles. The summed E-state index contributed by atoms with van der Waals surface area (Å²) in [5, 5.41) is 22.9. The maximum Gasteiger partial charge on any atom is 0.269 e. The minimum atomic E-state index is -0.446. The van der Waals surface area contributed by atoms with Crippen molar-refractivity contribution in [2.24, 2.45) is 7.05 Å². The number of hydrogen-bond acceptors (Lipinski definition) is 6. The maximum atomic E-state index is 12.8. The van der Waals surface area contributed by atoms with Crippen molar-refractivity contribution in [3.8, 4) is 11.4 Å². The maximum absolute atomic E-state index is 12.8. The first kappa shape index (κ1) is 22.2. The highest BCUT2D eigenvalue weighted by Crippen LogP contribution is 2.25. The van der Waals surface area contributed by atoms with Crippen LogP contribution in [0.2, 0.25) is 0 Å². The lowest BCUT2D eigenvalue weighted by Gasteiger charge is -2.19. The number of nitrogens with one attached hydrogen (secondary N) is 1. The Bertz CT molecular complexity index is 1200. The number of amides is 1. The third-order valence-electron chi connectivity index (χ3n) is 5.07. The highest BCUT2D eigenvalue weighted by molar-refractivity contribution is 7.99. The minimum Gasteiger partial charge on any atom is -0.344 e. The van der Waals surface area contributed by atoms with Gasteiger partial charge in [-0.3, -0.25) is 14.9 Å². The van der Waals surface area contributed by atoms with Crippen LogP contribution in [0.3, 0.4) is 0 Å². The van der Waals surface area contributed by atoms with Gasteiger partial charge in [-0.2, -0.15) is 0 Å². The number of benzene rings is 3. The lowest BCUT2D eigenvalue weighted by atomic mass is 9.99. The van der Waals surface area contributed by atoms with Crippen LogP contribution in [-0.4, -0.2) is 31.3 Å². The molecule has 0 aliphatic rings. The third-order valence-corrected chi connectivity index (χ3v) is 6.09.